The molecule has 0 N–H and O–H groups in total. The predicted octanol–water partition coefficient (Wildman–Crippen LogP) is 6.01. The number of alkyl halides is 2. The van der Waals surface area contributed by atoms with Gasteiger partial charge in [-0.2, -0.15) is 0 Å². The average molecular weight is 589 g/mol. The lowest BCUT2D eigenvalue weighted by atomic mass is 10.0. The minimum Gasteiger partial charge on any atom is -0.458 e. The third-order valence-electron chi connectivity index (χ3n) is 6.75. The second-order valence-corrected chi connectivity index (χ2v) is 12.2. The fraction of sp³-hybridized carbons (Fsp3) is 0.531. The Balaban J connectivity index is 1.79. The Bertz CT molecular complexity index is 1200. The molecule has 1 unspecified atom stereocenters. The number of rotatable bonds is 11. The molecule has 0 aromatic heterocycles. The molecule has 1 saturated heterocycles. The van der Waals surface area contributed by atoms with Gasteiger partial charge in [-0.05, 0) is 56.4 Å². The summed E-state index contributed by atoms with van der Waals surface area (Å²) in [5, 5.41) is 0. The van der Waals surface area contributed by atoms with Crippen LogP contribution >= 0.6 is 0 Å². The van der Waals surface area contributed by atoms with E-state index in [0.29, 0.717) is 11.3 Å². The first-order valence-corrected chi connectivity index (χ1v) is 14.2. The second kappa shape index (κ2) is 14.0. The van der Waals surface area contributed by atoms with Gasteiger partial charge in [-0.15, -0.1) is 0 Å². The molecule has 0 spiro atoms. The normalized spacial score (nSPS) is 16.1. The zero-order valence-electron chi connectivity index (χ0n) is 25.3. The summed E-state index contributed by atoms with van der Waals surface area (Å²) in [6, 6.07) is 15.0. The van der Waals surface area contributed by atoms with Gasteiger partial charge >= 0.3 is 18.0 Å². The fourth-order valence-electron chi connectivity index (χ4n) is 4.55. The largest absolute Gasteiger partial charge is 0.458 e. The quantitative estimate of drug-likeness (QED) is 0.235. The molecule has 8 nitrogen and oxygen atoms in total. The Morgan fingerprint density at radius 2 is 1.62 bits per heavy atom. The number of carbonyl (C=O) groups excluding carboxylic acids is 3. The molecular formula is C32H42F2N2O6. The maximum absolute atomic E-state index is 13.7. The summed E-state index contributed by atoms with van der Waals surface area (Å²) in [5.74, 6) is -4.19. The summed E-state index contributed by atoms with van der Waals surface area (Å²) in [5.41, 5.74) is 1.30. The van der Waals surface area contributed by atoms with Crippen LogP contribution in [0.2, 0.25) is 0 Å². The molecule has 0 aliphatic carbocycles. The van der Waals surface area contributed by atoms with Crippen LogP contribution in [0.25, 0.3) is 0 Å². The summed E-state index contributed by atoms with van der Waals surface area (Å²) >= 11 is 0. The van der Waals surface area contributed by atoms with E-state index in [1.165, 1.54) is 11.9 Å². The lowest BCUT2D eigenvalue weighted by Gasteiger charge is -2.31. The molecule has 0 saturated carbocycles. The first-order chi connectivity index (χ1) is 19.6. The molecule has 230 valence electrons. The molecule has 1 heterocycles. The average Bonchev–Trinajstić information content (AvgIpc) is 3.28. The van der Waals surface area contributed by atoms with Crippen molar-refractivity contribution in [2.75, 3.05) is 25.0 Å². The van der Waals surface area contributed by atoms with Gasteiger partial charge in [-0.1, -0.05) is 56.3 Å². The molecule has 2 aromatic carbocycles. The number of carbonyl (C=O) groups is 3. The number of esters is 2. The maximum Gasteiger partial charge on any atom is 0.410 e. The summed E-state index contributed by atoms with van der Waals surface area (Å²) in [7, 11) is 1.46. The molecule has 1 fully saturated rings. The van der Waals surface area contributed by atoms with E-state index in [0.717, 1.165) is 5.56 Å². The molecule has 42 heavy (non-hydrogen) atoms. The Morgan fingerprint density at radius 1 is 0.976 bits per heavy atom. The maximum atomic E-state index is 13.7. The van der Waals surface area contributed by atoms with Crippen molar-refractivity contribution in [1.82, 2.24) is 4.90 Å². The monoisotopic (exact) mass is 588 g/mol. The number of halogens is 2. The van der Waals surface area contributed by atoms with E-state index in [1.807, 2.05) is 44.2 Å². The van der Waals surface area contributed by atoms with Gasteiger partial charge in [0.25, 0.3) is 5.92 Å². The number of amides is 1. The molecule has 1 amide bonds. The molecule has 0 radical (unpaired) electrons. The molecule has 0 bridgehead atoms. The summed E-state index contributed by atoms with van der Waals surface area (Å²) in [6.07, 6.45) is -1.90. The summed E-state index contributed by atoms with van der Waals surface area (Å²) in [4.78, 5) is 42.3. The van der Waals surface area contributed by atoms with E-state index in [-0.39, 0.29) is 44.9 Å². The number of benzene rings is 2. The Kier molecular flexibility index (Phi) is 10.9. The lowest BCUT2D eigenvalue weighted by Crippen LogP contribution is -2.47. The Morgan fingerprint density at radius 3 is 2.17 bits per heavy atom. The minimum absolute atomic E-state index is 0.000350. The SMILES string of the molecule is CC(C)C[C@@H](C(=O)OC(Cc1ccc(N2CCC(F)(F)C2)cc1)C(=O)OCc1ccccc1)N(C)C(=O)OC(C)(C)C. The van der Waals surface area contributed by atoms with E-state index in [4.69, 9.17) is 14.2 Å². The van der Waals surface area contributed by atoms with E-state index in [2.05, 4.69) is 0 Å². The third-order valence-corrected chi connectivity index (χ3v) is 6.75. The van der Waals surface area contributed by atoms with Gasteiger partial charge in [0.05, 0.1) is 6.54 Å². The highest BCUT2D eigenvalue weighted by atomic mass is 19.3. The van der Waals surface area contributed by atoms with Gasteiger partial charge in [0, 0.05) is 32.1 Å². The van der Waals surface area contributed by atoms with E-state index < -0.39 is 41.7 Å². The number of nitrogens with zero attached hydrogens (tertiary/aromatic N) is 2. The molecular weight excluding hydrogens is 546 g/mol. The van der Waals surface area contributed by atoms with Gasteiger partial charge in [0.2, 0.25) is 6.10 Å². The zero-order chi connectivity index (χ0) is 31.1. The van der Waals surface area contributed by atoms with Crippen LogP contribution in [0.5, 0.6) is 0 Å². The highest BCUT2D eigenvalue weighted by Gasteiger charge is 2.38. The van der Waals surface area contributed by atoms with Gasteiger partial charge in [0.15, 0.2) is 0 Å². The van der Waals surface area contributed by atoms with Crippen molar-refractivity contribution in [3.63, 3.8) is 0 Å². The van der Waals surface area contributed by atoms with Crippen LogP contribution in [-0.4, -0.2) is 66.7 Å². The topological polar surface area (TPSA) is 85.4 Å². The van der Waals surface area contributed by atoms with Crippen molar-refractivity contribution < 1.29 is 37.4 Å². The van der Waals surface area contributed by atoms with E-state index in [9.17, 15) is 23.2 Å². The van der Waals surface area contributed by atoms with E-state index >= 15 is 0 Å². The van der Waals surface area contributed by atoms with Crippen molar-refractivity contribution >= 4 is 23.7 Å². The standard InChI is InChI=1S/C32H42F2N2O6/c1-22(2)18-26(35(6)30(39)42-31(3,4)5)28(37)41-27(29(38)40-20-24-10-8-7-9-11-24)19-23-12-14-25(15-13-23)36-17-16-32(33,34)21-36/h7-15,22,26-27H,16-21H2,1-6H3/t26-,27?/m0/s1. The third kappa shape index (κ3) is 9.99. The molecule has 2 atom stereocenters. The number of likely N-dealkylation sites (N-methyl/N-ethyl adjacent to an activating group) is 1. The van der Waals surface area contributed by atoms with Gasteiger partial charge in [-0.25, -0.2) is 23.2 Å². The van der Waals surface area contributed by atoms with Crippen molar-refractivity contribution in [3.05, 3.63) is 65.7 Å². The number of anilines is 1. The van der Waals surface area contributed by atoms with Gasteiger partial charge in [0.1, 0.15) is 18.2 Å². The minimum atomic E-state index is -2.72. The first kappa shape index (κ1) is 32.8. The van der Waals surface area contributed by atoms with Crippen molar-refractivity contribution in [1.29, 1.82) is 0 Å². The number of hydrogen-bond donors (Lipinski definition) is 0. The van der Waals surface area contributed by atoms with Crippen molar-refractivity contribution in [3.8, 4) is 0 Å². The highest BCUT2D eigenvalue weighted by Crippen LogP contribution is 2.31. The fourth-order valence-corrected chi connectivity index (χ4v) is 4.55. The van der Waals surface area contributed by atoms with Gasteiger partial charge in [-0.3, -0.25) is 4.90 Å². The number of hydrogen-bond acceptors (Lipinski definition) is 7. The van der Waals surface area contributed by atoms with Crippen LogP contribution in [0, 0.1) is 5.92 Å². The Hall–Kier alpha value is -3.69. The molecule has 2 aromatic rings. The summed E-state index contributed by atoms with van der Waals surface area (Å²) in [6.45, 7) is 8.90. The van der Waals surface area contributed by atoms with Crippen LogP contribution in [0.1, 0.15) is 58.6 Å². The van der Waals surface area contributed by atoms with Crippen LogP contribution in [0.4, 0.5) is 19.3 Å². The molecule has 3 rings (SSSR count). The van der Waals surface area contributed by atoms with E-state index in [1.54, 1.807) is 49.9 Å². The van der Waals surface area contributed by atoms with Crippen molar-refractivity contribution in [2.45, 2.75) is 84.2 Å². The lowest BCUT2D eigenvalue weighted by molar-refractivity contribution is -0.171. The number of ether oxygens (including phenoxy) is 3. The zero-order valence-corrected chi connectivity index (χ0v) is 25.3. The van der Waals surface area contributed by atoms with Crippen LogP contribution in [0.3, 0.4) is 0 Å². The first-order valence-electron chi connectivity index (χ1n) is 14.2. The summed E-state index contributed by atoms with van der Waals surface area (Å²) < 4.78 is 44.1. The highest BCUT2D eigenvalue weighted by molar-refractivity contribution is 5.85. The van der Waals surface area contributed by atoms with Gasteiger partial charge < -0.3 is 19.1 Å². The van der Waals surface area contributed by atoms with Crippen LogP contribution < -0.4 is 4.90 Å². The Labute approximate surface area is 246 Å². The van der Waals surface area contributed by atoms with Crippen LogP contribution in [0.15, 0.2) is 54.6 Å². The van der Waals surface area contributed by atoms with Crippen LogP contribution in [-0.2, 0) is 36.8 Å². The molecule has 1 aliphatic heterocycles. The second-order valence-electron chi connectivity index (χ2n) is 12.2. The smallest absolute Gasteiger partial charge is 0.410 e. The molecule has 10 heteroatoms. The molecule has 1 aliphatic rings. The predicted molar refractivity (Wildman–Crippen MR) is 155 cm³/mol. The van der Waals surface area contributed by atoms with Crippen molar-refractivity contribution in [2.24, 2.45) is 5.92 Å².